The van der Waals surface area contributed by atoms with Gasteiger partial charge in [0.2, 0.25) is 1.43 Å². The van der Waals surface area contributed by atoms with Crippen molar-refractivity contribution in [1.82, 2.24) is 14.2 Å². The second-order valence-electron chi connectivity index (χ2n) is 9.05. The van der Waals surface area contributed by atoms with Crippen LogP contribution in [0.1, 0.15) is 65.8 Å². The van der Waals surface area contributed by atoms with E-state index in [0.717, 1.165) is 5.56 Å². The minimum absolute atomic E-state index is 0.0605. The molecule has 1 fully saturated rings. The monoisotopic (exact) mass is 523 g/mol. The number of H-pyrrole nitrogens is 1. The van der Waals surface area contributed by atoms with E-state index in [4.69, 9.17) is 16.6 Å². The van der Waals surface area contributed by atoms with Gasteiger partial charge in [-0.2, -0.15) is 5.26 Å². The number of aliphatic hydroxyl groups is 1. The van der Waals surface area contributed by atoms with Crippen LogP contribution in [0.25, 0.3) is 0 Å². The van der Waals surface area contributed by atoms with Crippen LogP contribution in [0, 0.1) is 18.3 Å². The number of hydrogen-bond acceptors (Lipinski definition) is 8. The topological polar surface area (TPSA) is 130 Å². The molecular weight excluding hydrogens is 483 g/mol. The van der Waals surface area contributed by atoms with Crippen LogP contribution in [0.4, 0.5) is 0 Å². The molecule has 0 spiro atoms. The normalized spacial score (nSPS) is 21.1. The average molecular weight is 524 g/mol. The smallest absolute Gasteiger partial charge is 0.330 e. The fraction of sp³-hybridized carbons (Fsp3) is 0.560. The zero-order valence-corrected chi connectivity index (χ0v) is 22.5. The molecule has 36 heavy (non-hydrogen) atoms. The molecule has 4 atom stereocenters. The number of benzene rings is 1. The van der Waals surface area contributed by atoms with Crippen molar-refractivity contribution in [2.75, 3.05) is 6.61 Å². The maximum Gasteiger partial charge on any atom is 0.330 e. The lowest BCUT2D eigenvalue weighted by Gasteiger charge is -2.37. The quantitative estimate of drug-likeness (QED) is 0.428. The minimum Gasteiger partial charge on any atom is -0.394 e. The molecule has 1 saturated heterocycles. The lowest BCUT2D eigenvalue weighted by molar-refractivity contribution is -0.0441. The Labute approximate surface area is 216 Å². The average Bonchev–Trinajstić information content (AvgIpc) is 3.27. The van der Waals surface area contributed by atoms with Crippen LogP contribution in [0.5, 0.6) is 0 Å². The molecule has 2 aromatic rings. The van der Waals surface area contributed by atoms with Crippen molar-refractivity contribution in [2.45, 2.75) is 85.6 Å². The van der Waals surface area contributed by atoms with Gasteiger partial charge in [-0.1, -0.05) is 19.5 Å². The van der Waals surface area contributed by atoms with Crippen molar-refractivity contribution in [3.63, 3.8) is 0 Å². The second kappa shape index (κ2) is 13.2. The molecule has 1 aliphatic heterocycles. The standard InChI is InChI=1S/C24H33N4O6P.CH4/c1-15(2)28(16(3)4)35(32-14-19-8-6-7-18(9-19)11-25)34-20-10-22(33-21(20)13-29)27-12-17(5)23(30)26-24(27)31;/h6-9,12,15-16,20-22,29H,10,13-14H2,1-5H3,(H,26,30,31);1H4/t20?,21-,22-,35?;/m1./s1/i29D;1T. The molecule has 2 unspecified atom stereocenters. The molecule has 0 aliphatic carbocycles. The molecule has 0 radical (unpaired) electrons. The predicted octanol–water partition coefficient (Wildman–Crippen LogP) is 3.58. The van der Waals surface area contributed by atoms with Gasteiger partial charge in [-0.15, -0.1) is 0 Å². The molecule has 10 nitrogen and oxygen atoms in total. The van der Waals surface area contributed by atoms with E-state index in [2.05, 4.69) is 48.5 Å². The van der Waals surface area contributed by atoms with Gasteiger partial charge in [0.05, 0.1) is 31.0 Å². The highest BCUT2D eigenvalue weighted by Crippen LogP contribution is 2.50. The Morgan fingerprint density at radius 2 is 2.14 bits per heavy atom. The molecule has 0 bridgehead atoms. The summed E-state index contributed by atoms with van der Waals surface area (Å²) in [5.74, 6) is 0. The van der Waals surface area contributed by atoms with Crippen LogP contribution in [-0.2, 0) is 20.4 Å². The van der Waals surface area contributed by atoms with Crippen molar-refractivity contribution in [1.29, 1.82) is 6.69 Å². The summed E-state index contributed by atoms with van der Waals surface area (Å²) < 4.78 is 35.3. The van der Waals surface area contributed by atoms with Crippen LogP contribution in [0.15, 0.2) is 40.1 Å². The number of aromatic nitrogens is 2. The third-order valence-corrected chi connectivity index (χ3v) is 7.77. The number of aromatic amines is 1. The van der Waals surface area contributed by atoms with Gasteiger partial charge >= 0.3 is 5.69 Å². The Hall–Kier alpha value is -2.38. The van der Waals surface area contributed by atoms with E-state index >= 15 is 0 Å². The first-order chi connectivity index (χ1) is 18.1. The Bertz CT molecular complexity index is 1180. The number of rotatable bonds is 11. The number of aliphatic hydroxyl groups excluding tert-OH is 1. The van der Waals surface area contributed by atoms with Crippen LogP contribution < -0.4 is 11.2 Å². The summed E-state index contributed by atoms with van der Waals surface area (Å²) in [6.45, 7) is 10.0. The summed E-state index contributed by atoms with van der Waals surface area (Å²) in [5.41, 5.74) is 0.747. The summed E-state index contributed by atoms with van der Waals surface area (Å²) in [6, 6.07) is 9.56. The molecule has 198 valence electrons. The van der Waals surface area contributed by atoms with Crippen molar-refractivity contribution < 1.29 is 20.3 Å². The number of hydrogen-bond donors (Lipinski definition) is 2. The fourth-order valence-electron chi connectivity index (χ4n) is 4.03. The fourth-order valence-corrected chi connectivity index (χ4v) is 5.80. The Kier molecular flexibility index (Phi) is 9.82. The summed E-state index contributed by atoms with van der Waals surface area (Å²) in [6.07, 6.45) is -0.0911. The van der Waals surface area contributed by atoms with E-state index in [1.54, 1.807) is 19.1 Å². The molecule has 1 aromatic heterocycles. The van der Waals surface area contributed by atoms with E-state index in [1.807, 2.05) is 12.1 Å². The lowest BCUT2D eigenvalue weighted by atomic mass is 10.1. The maximum absolute atomic E-state index is 12.4. The van der Waals surface area contributed by atoms with E-state index in [-0.39, 0.29) is 25.3 Å². The lowest BCUT2D eigenvalue weighted by Crippen LogP contribution is -2.36. The molecule has 0 saturated carbocycles. The highest BCUT2D eigenvalue weighted by Gasteiger charge is 2.41. The molecule has 0 amide bonds. The number of nitriles is 1. The predicted molar refractivity (Wildman–Crippen MR) is 138 cm³/mol. The summed E-state index contributed by atoms with van der Waals surface area (Å²) in [7, 11) is -0.337. The largest absolute Gasteiger partial charge is 0.394 e. The Morgan fingerprint density at radius 1 is 1.42 bits per heavy atom. The van der Waals surface area contributed by atoms with Gasteiger partial charge in [0.25, 0.3) is 14.1 Å². The number of aryl methyl sites for hydroxylation is 1. The van der Waals surface area contributed by atoms with Crippen molar-refractivity contribution in [3.05, 3.63) is 68.0 Å². The highest BCUT2D eigenvalue weighted by atomic mass is 31.2. The third kappa shape index (κ3) is 7.10. The summed E-state index contributed by atoms with van der Waals surface area (Å²) >= 11 is 0. The zero-order valence-electron chi connectivity index (χ0n) is 23.6. The van der Waals surface area contributed by atoms with Gasteiger partial charge < -0.3 is 18.9 Å². The first-order valence-corrected chi connectivity index (χ1v) is 12.7. The van der Waals surface area contributed by atoms with E-state index in [1.165, 1.54) is 18.2 Å². The SMILES string of the molecule is [2H]OC[C@H]1O[C@@H](n2cc(C)c(=O)[nH]c2=O)CC1OP(OCc1cccc(C#N)c1)N(C(C)C)C(C)C.[3H]C. The van der Waals surface area contributed by atoms with Gasteiger partial charge in [0.15, 0.2) is 0 Å². The molecule has 11 heteroatoms. The van der Waals surface area contributed by atoms with Gasteiger partial charge in [-0.25, -0.2) is 9.46 Å². The summed E-state index contributed by atoms with van der Waals surface area (Å²) in [4.78, 5) is 26.5. The minimum atomic E-state index is -1.59. The van der Waals surface area contributed by atoms with Gasteiger partial charge in [-0.3, -0.25) is 14.3 Å². The van der Waals surface area contributed by atoms with Crippen LogP contribution in [0.2, 0.25) is 0 Å². The Balaban J connectivity index is 0.00000247. The molecule has 2 heterocycles. The van der Waals surface area contributed by atoms with E-state index in [0.29, 0.717) is 17.5 Å². The molecule has 1 aromatic carbocycles. The Morgan fingerprint density at radius 3 is 2.78 bits per heavy atom. The van der Waals surface area contributed by atoms with Crippen LogP contribution >= 0.6 is 8.53 Å². The molecule has 2 N–H and O–H groups in total. The second-order valence-corrected chi connectivity index (χ2v) is 10.5. The molecule has 3 rings (SSSR count). The maximum atomic E-state index is 12.4. The zero-order chi connectivity index (χ0) is 28.4. The first-order valence-electron chi connectivity index (χ1n) is 13.0. The molecule has 1 aliphatic rings. The van der Waals surface area contributed by atoms with Crippen molar-refractivity contribution >= 4 is 8.53 Å². The number of nitrogens with zero attached hydrogens (tertiary/aromatic N) is 3. The van der Waals surface area contributed by atoms with Crippen LogP contribution in [-0.4, -0.2) is 51.7 Å². The van der Waals surface area contributed by atoms with E-state index < -0.39 is 38.2 Å². The summed E-state index contributed by atoms with van der Waals surface area (Å²) in [5, 5.41) is 13.8. The van der Waals surface area contributed by atoms with Gasteiger partial charge in [0, 0.05) is 31.6 Å². The van der Waals surface area contributed by atoms with E-state index in [9.17, 15) is 14.9 Å². The van der Waals surface area contributed by atoms with Crippen LogP contribution in [0.3, 0.4) is 0 Å². The highest BCUT2D eigenvalue weighted by molar-refractivity contribution is 7.44. The number of nitrogens with one attached hydrogen (secondary N) is 1. The van der Waals surface area contributed by atoms with Crippen molar-refractivity contribution in [2.24, 2.45) is 0 Å². The number of ether oxygens (including phenoxy) is 1. The first kappa shape index (κ1) is 26.7. The molecular formula is C25H37N4O6P. The van der Waals surface area contributed by atoms with Crippen molar-refractivity contribution in [3.8, 4) is 6.07 Å². The third-order valence-electron chi connectivity index (χ3n) is 5.67. The van der Waals surface area contributed by atoms with Gasteiger partial charge in [-0.05, 0) is 52.3 Å². The van der Waals surface area contributed by atoms with Gasteiger partial charge in [0.1, 0.15) is 12.3 Å².